The van der Waals surface area contributed by atoms with Crippen LogP contribution in [-0.2, 0) is 45.6 Å². The van der Waals surface area contributed by atoms with Gasteiger partial charge in [0.2, 0.25) is 0 Å². The molecule has 0 amide bonds. The molecule has 0 nitrogen and oxygen atoms in total. The van der Waals surface area contributed by atoms with Crippen LogP contribution in [0.5, 0.6) is 0 Å². The summed E-state index contributed by atoms with van der Waals surface area (Å²) in [5.41, 5.74) is 13.3. The van der Waals surface area contributed by atoms with E-state index in [0.717, 1.165) is 25.2 Å². The number of rotatable bonds is 1. The molecule has 0 aromatic heterocycles. The molecular weight excluding hydrogens is 413 g/mol. The molecule has 28 heavy (non-hydrogen) atoms. The molecule has 0 atom stereocenters. The molecule has 0 unspecified atom stereocenters. The van der Waals surface area contributed by atoms with E-state index in [9.17, 15) is 0 Å². The summed E-state index contributed by atoms with van der Waals surface area (Å²) < 4.78 is 0. The van der Waals surface area contributed by atoms with Crippen LogP contribution in [0.2, 0.25) is 0 Å². The molecule has 0 heterocycles. The first-order valence-corrected chi connectivity index (χ1v) is 10.2. The fourth-order valence-corrected chi connectivity index (χ4v) is 4.79. The Balaban J connectivity index is 0.000000454. The van der Waals surface area contributed by atoms with Gasteiger partial charge in [0.15, 0.2) is 0 Å². The Morgan fingerprint density at radius 1 is 0.786 bits per heavy atom. The molecule has 3 aromatic carbocycles. The third-order valence-electron chi connectivity index (χ3n) is 6.33. The normalized spacial score (nSPS) is 15.2. The zero-order valence-electron chi connectivity index (χ0n) is 16.4. The predicted molar refractivity (Wildman–Crippen MR) is 114 cm³/mol. The van der Waals surface area contributed by atoms with Crippen molar-refractivity contribution in [1.82, 2.24) is 0 Å². The summed E-state index contributed by atoms with van der Waals surface area (Å²) in [5.74, 6) is 0.826. The van der Waals surface area contributed by atoms with Gasteiger partial charge < -0.3 is 20.3 Å². The molecule has 0 aliphatic heterocycles. The van der Waals surface area contributed by atoms with E-state index in [-0.39, 0.29) is 32.7 Å². The Kier molecular flexibility index (Phi) is 5.91. The Morgan fingerprint density at radius 2 is 1.39 bits per heavy atom. The third-order valence-corrected chi connectivity index (χ3v) is 6.33. The van der Waals surface area contributed by atoms with Gasteiger partial charge in [-0.1, -0.05) is 36.8 Å². The summed E-state index contributed by atoms with van der Waals surface area (Å²) in [7, 11) is 0. The third kappa shape index (κ3) is 3.33. The minimum absolute atomic E-state index is 0. The van der Waals surface area contributed by atoms with Gasteiger partial charge in [0.05, 0.1) is 0 Å². The molecule has 1 fully saturated rings. The smallest absolute Gasteiger partial charge is 0.372 e. The van der Waals surface area contributed by atoms with E-state index in [1.165, 1.54) is 58.2 Å². The number of fused-ring (bicyclic) bond motifs is 6. The van der Waals surface area contributed by atoms with Gasteiger partial charge in [-0.3, -0.25) is 0 Å². The SMILES string of the molecule is [CH2-]C[CH2-].[Y+3].[c-]1ccc2c(c1)Cc1cc3c(cc1-2)Cc1cc(C2CCC2)ccc1-3. The van der Waals surface area contributed by atoms with E-state index in [0.29, 0.717) is 0 Å². The van der Waals surface area contributed by atoms with Crippen molar-refractivity contribution >= 4 is 0 Å². The van der Waals surface area contributed by atoms with Gasteiger partial charge in [0.1, 0.15) is 0 Å². The van der Waals surface area contributed by atoms with Crippen LogP contribution in [0.25, 0.3) is 22.3 Å². The van der Waals surface area contributed by atoms with Crippen LogP contribution < -0.4 is 0 Å². The first kappa shape index (κ1) is 20.1. The van der Waals surface area contributed by atoms with E-state index < -0.39 is 0 Å². The molecule has 1 heteroatoms. The maximum Gasteiger partial charge on any atom is 3.00 e. The van der Waals surface area contributed by atoms with Gasteiger partial charge in [-0.15, -0.1) is 11.1 Å². The zero-order chi connectivity index (χ0) is 18.4. The molecule has 136 valence electrons. The molecule has 1 saturated carbocycles. The van der Waals surface area contributed by atoms with Gasteiger partial charge in [0, 0.05) is 0 Å². The summed E-state index contributed by atoms with van der Waals surface area (Å²) in [6, 6.07) is 21.8. The summed E-state index contributed by atoms with van der Waals surface area (Å²) in [5, 5.41) is 0. The van der Waals surface area contributed by atoms with Crippen LogP contribution in [0.3, 0.4) is 0 Å². The van der Waals surface area contributed by atoms with E-state index >= 15 is 0 Å². The first-order valence-electron chi connectivity index (χ1n) is 10.2. The minimum Gasteiger partial charge on any atom is -0.372 e. The van der Waals surface area contributed by atoms with E-state index in [2.05, 4.69) is 62.4 Å². The molecule has 3 aromatic rings. The number of hydrogen-bond donors (Lipinski definition) is 0. The van der Waals surface area contributed by atoms with Crippen LogP contribution in [-0.4, -0.2) is 0 Å². The van der Waals surface area contributed by atoms with Crippen molar-refractivity contribution in [3.63, 3.8) is 0 Å². The molecular formula is C27H25Y. The molecule has 0 saturated heterocycles. The Labute approximate surface area is 194 Å². The van der Waals surface area contributed by atoms with Gasteiger partial charge >= 0.3 is 32.7 Å². The van der Waals surface area contributed by atoms with Gasteiger partial charge in [-0.2, -0.15) is 24.3 Å². The fourth-order valence-electron chi connectivity index (χ4n) is 4.79. The van der Waals surface area contributed by atoms with Crippen molar-refractivity contribution in [3.8, 4) is 22.3 Å². The largest absolute Gasteiger partial charge is 3.00 e. The van der Waals surface area contributed by atoms with E-state index in [4.69, 9.17) is 0 Å². The predicted octanol–water partition coefficient (Wildman–Crippen LogP) is 6.94. The zero-order valence-corrected chi connectivity index (χ0v) is 19.3. The van der Waals surface area contributed by atoms with E-state index in [1.54, 1.807) is 11.1 Å². The summed E-state index contributed by atoms with van der Waals surface area (Å²) in [4.78, 5) is 0. The summed E-state index contributed by atoms with van der Waals surface area (Å²) >= 11 is 0. The van der Waals surface area contributed by atoms with Crippen LogP contribution >= 0.6 is 0 Å². The van der Waals surface area contributed by atoms with Gasteiger partial charge in [-0.25, -0.2) is 0 Å². The Hall–Kier alpha value is -1.24. The number of benzene rings is 3. The second-order valence-electron chi connectivity index (χ2n) is 8.00. The maximum absolute atomic E-state index is 3.38. The molecule has 6 rings (SSSR count). The Bertz CT molecular complexity index is 1010. The summed E-state index contributed by atoms with van der Waals surface area (Å²) in [6.07, 6.45) is 7.09. The topological polar surface area (TPSA) is 0 Å². The maximum atomic E-state index is 3.38. The van der Waals surface area contributed by atoms with Crippen molar-refractivity contribution in [2.75, 3.05) is 0 Å². The standard InChI is InChI=1S/C24H19.C3H6.Y/c1-2-7-21-17(4-1)11-19-13-24-20(14-23(19)21)12-18-10-16(8-9-22(18)24)15-5-3-6-15;1-3-2;/h2,4,7-10,13-15H,3,5-6,11-12H2;1-3H2;/q-1;-2;+3. The van der Waals surface area contributed by atoms with Crippen LogP contribution in [0.4, 0.5) is 0 Å². The van der Waals surface area contributed by atoms with Crippen molar-refractivity contribution in [2.24, 2.45) is 0 Å². The second-order valence-corrected chi connectivity index (χ2v) is 8.00. The average molecular weight is 438 g/mol. The number of hydrogen-bond acceptors (Lipinski definition) is 0. The summed E-state index contributed by atoms with van der Waals surface area (Å²) in [6.45, 7) is 6.75. The van der Waals surface area contributed by atoms with E-state index in [1.807, 2.05) is 6.07 Å². The van der Waals surface area contributed by atoms with Crippen LogP contribution in [0, 0.1) is 19.9 Å². The van der Waals surface area contributed by atoms with Crippen molar-refractivity contribution in [1.29, 1.82) is 0 Å². The quantitative estimate of drug-likeness (QED) is 0.249. The van der Waals surface area contributed by atoms with Crippen LogP contribution in [0.1, 0.15) is 59.4 Å². The average Bonchev–Trinajstić information content (AvgIpc) is 3.16. The van der Waals surface area contributed by atoms with Crippen molar-refractivity contribution in [2.45, 2.75) is 44.4 Å². The van der Waals surface area contributed by atoms with Crippen molar-refractivity contribution in [3.05, 3.63) is 96.3 Å². The molecule has 0 N–H and O–H groups in total. The van der Waals surface area contributed by atoms with Gasteiger partial charge in [-0.05, 0) is 70.5 Å². The molecule has 0 spiro atoms. The minimum atomic E-state index is 0. The van der Waals surface area contributed by atoms with Crippen molar-refractivity contribution < 1.29 is 32.7 Å². The Morgan fingerprint density at radius 3 is 2.04 bits per heavy atom. The molecule has 3 aliphatic carbocycles. The molecule has 3 aliphatic rings. The monoisotopic (exact) mass is 438 g/mol. The van der Waals surface area contributed by atoms with Gasteiger partial charge in [0.25, 0.3) is 0 Å². The molecule has 0 radical (unpaired) electrons. The molecule has 0 bridgehead atoms. The van der Waals surface area contributed by atoms with Crippen LogP contribution in [0.15, 0.2) is 48.5 Å². The first-order chi connectivity index (χ1) is 13.3. The fraction of sp³-hybridized carbons (Fsp3) is 0.259. The second kappa shape index (κ2) is 8.25.